The van der Waals surface area contributed by atoms with Crippen LogP contribution in [0.25, 0.3) is 0 Å². The molecule has 0 aliphatic heterocycles. The highest BCUT2D eigenvalue weighted by molar-refractivity contribution is 4.81. The van der Waals surface area contributed by atoms with Gasteiger partial charge in [0.1, 0.15) is 6.61 Å². The fraction of sp³-hybridized carbons (Fsp3) is 0.800. The molecule has 0 amide bonds. The number of hydrogen-bond donors (Lipinski definition) is 1. The lowest BCUT2D eigenvalue weighted by Gasteiger charge is -2.24. The molecular weight excluding hydrogens is 196 g/mol. The third-order valence-electron chi connectivity index (χ3n) is 2.66. The van der Waals surface area contributed by atoms with Crippen LogP contribution in [0.3, 0.4) is 0 Å². The molecule has 5 nitrogen and oxygen atoms in total. The SMILES string of the molecule is Cc1noc(COC2CCC(O)CC2)n1. The Kier molecular flexibility index (Phi) is 3.33. The average molecular weight is 212 g/mol. The van der Waals surface area contributed by atoms with Crippen LogP contribution in [0, 0.1) is 6.92 Å². The molecule has 0 unspecified atom stereocenters. The van der Waals surface area contributed by atoms with E-state index in [1.807, 2.05) is 0 Å². The second-order valence-electron chi connectivity index (χ2n) is 3.98. The van der Waals surface area contributed by atoms with Crippen molar-refractivity contribution in [3.8, 4) is 0 Å². The van der Waals surface area contributed by atoms with Gasteiger partial charge in [-0.2, -0.15) is 4.98 Å². The molecule has 0 bridgehead atoms. The maximum atomic E-state index is 9.32. The molecule has 0 radical (unpaired) electrons. The molecule has 0 saturated heterocycles. The zero-order chi connectivity index (χ0) is 10.7. The first kappa shape index (κ1) is 10.6. The van der Waals surface area contributed by atoms with E-state index in [2.05, 4.69) is 10.1 Å². The predicted octanol–water partition coefficient (Wildman–Crippen LogP) is 1.20. The fourth-order valence-corrected chi connectivity index (χ4v) is 1.80. The Bertz CT molecular complexity index is 305. The zero-order valence-electron chi connectivity index (χ0n) is 8.85. The lowest BCUT2D eigenvalue weighted by molar-refractivity contribution is -0.0203. The lowest BCUT2D eigenvalue weighted by atomic mass is 9.95. The van der Waals surface area contributed by atoms with Gasteiger partial charge in [-0.15, -0.1) is 0 Å². The summed E-state index contributed by atoms with van der Waals surface area (Å²) in [5.41, 5.74) is 0. The van der Waals surface area contributed by atoms with E-state index in [-0.39, 0.29) is 12.2 Å². The molecule has 1 aromatic rings. The monoisotopic (exact) mass is 212 g/mol. The van der Waals surface area contributed by atoms with Gasteiger partial charge in [0.05, 0.1) is 12.2 Å². The minimum atomic E-state index is -0.143. The summed E-state index contributed by atoms with van der Waals surface area (Å²) in [6, 6.07) is 0. The molecule has 2 rings (SSSR count). The Balaban J connectivity index is 1.74. The van der Waals surface area contributed by atoms with E-state index in [1.54, 1.807) is 6.92 Å². The van der Waals surface area contributed by atoms with Gasteiger partial charge in [0.15, 0.2) is 5.82 Å². The quantitative estimate of drug-likeness (QED) is 0.815. The Morgan fingerprint density at radius 1 is 1.40 bits per heavy atom. The first-order valence-corrected chi connectivity index (χ1v) is 5.33. The summed E-state index contributed by atoms with van der Waals surface area (Å²) in [6.07, 6.45) is 3.56. The van der Waals surface area contributed by atoms with Crippen molar-refractivity contribution in [2.75, 3.05) is 0 Å². The number of aryl methyl sites for hydroxylation is 1. The summed E-state index contributed by atoms with van der Waals surface area (Å²) in [5, 5.41) is 13.0. The molecule has 15 heavy (non-hydrogen) atoms. The summed E-state index contributed by atoms with van der Waals surface area (Å²) in [6.45, 7) is 2.16. The molecule has 1 fully saturated rings. The Hall–Kier alpha value is -0.940. The van der Waals surface area contributed by atoms with Gasteiger partial charge in [-0.3, -0.25) is 0 Å². The van der Waals surface area contributed by atoms with Crippen LogP contribution in [0.5, 0.6) is 0 Å². The summed E-state index contributed by atoms with van der Waals surface area (Å²) < 4.78 is 10.6. The fourth-order valence-electron chi connectivity index (χ4n) is 1.80. The van der Waals surface area contributed by atoms with Crippen molar-refractivity contribution in [2.45, 2.75) is 51.4 Å². The maximum absolute atomic E-state index is 9.32. The molecule has 1 aliphatic carbocycles. The van der Waals surface area contributed by atoms with Crippen LogP contribution in [-0.2, 0) is 11.3 Å². The lowest BCUT2D eigenvalue weighted by Crippen LogP contribution is -2.24. The van der Waals surface area contributed by atoms with Crippen molar-refractivity contribution < 1.29 is 14.4 Å². The van der Waals surface area contributed by atoms with Crippen LogP contribution in [-0.4, -0.2) is 27.5 Å². The van der Waals surface area contributed by atoms with Gasteiger partial charge in [0, 0.05) is 0 Å². The third kappa shape index (κ3) is 3.00. The van der Waals surface area contributed by atoms with Crippen molar-refractivity contribution in [2.24, 2.45) is 0 Å². The van der Waals surface area contributed by atoms with Crippen molar-refractivity contribution in [1.82, 2.24) is 10.1 Å². The number of aliphatic hydroxyl groups is 1. The third-order valence-corrected chi connectivity index (χ3v) is 2.66. The number of nitrogens with zero attached hydrogens (tertiary/aromatic N) is 2. The van der Waals surface area contributed by atoms with Crippen molar-refractivity contribution in [3.63, 3.8) is 0 Å². The van der Waals surface area contributed by atoms with Crippen LogP contribution in [0.1, 0.15) is 37.4 Å². The van der Waals surface area contributed by atoms with Gasteiger partial charge in [0.2, 0.25) is 0 Å². The van der Waals surface area contributed by atoms with Crippen LogP contribution in [0.4, 0.5) is 0 Å². The first-order chi connectivity index (χ1) is 7.24. The van der Waals surface area contributed by atoms with Crippen molar-refractivity contribution >= 4 is 0 Å². The van der Waals surface area contributed by atoms with Gasteiger partial charge >= 0.3 is 0 Å². The number of aromatic nitrogens is 2. The summed E-state index contributed by atoms with van der Waals surface area (Å²) in [5.74, 6) is 1.16. The molecule has 1 heterocycles. The highest BCUT2D eigenvalue weighted by Crippen LogP contribution is 2.21. The molecule has 0 atom stereocenters. The molecule has 5 heteroatoms. The molecular formula is C10H16N2O3. The molecule has 1 aliphatic rings. The Morgan fingerprint density at radius 2 is 2.13 bits per heavy atom. The van der Waals surface area contributed by atoms with Gasteiger partial charge in [-0.05, 0) is 32.6 Å². The van der Waals surface area contributed by atoms with Gasteiger partial charge in [0.25, 0.3) is 5.89 Å². The number of rotatable bonds is 3. The number of aliphatic hydroxyl groups excluding tert-OH is 1. The van der Waals surface area contributed by atoms with Crippen LogP contribution < -0.4 is 0 Å². The molecule has 0 spiro atoms. The number of ether oxygens (including phenoxy) is 1. The van der Waals surface area contributed by atoms with E-state index in [0.717, 1.165) is 25.7 Å². The minimum absolute atomic E-state index is 0.143. The van der Waals surface area contributed by atoms with Crippen LogP contribution in [0.2, 0.25) is 0 Å². The predicted molar refractivity (Wildman–Crippen MR) is 52.1 cm³/mol. The zero-order valence-corrected chi connectivity index (χ0v) is 8.85. The van der Waals surface area contributed by atoms with Crippen molar-refractivity contribution in [1.29, 1.82) is 0 Å². The summed E-state index contributed by atoms with van der Waals surface area (Å²) >= 11 is 0. The maximum Gasteiger partial charge on any atom is 0.252 e. The van der Waals surface area contributed by atoms with Gasteiger partial charge in [-0.25, -0.2) is 0 Å². The van der Waals surface area contributed by atoms with Crippen LogP contribution in [0.15, 0.2) is 4.52 Å². The van der Waals surface area contributed by atoms with E-state index in [9.17, 15) is 5.11 Å². The molecule has 1 aromatic heterocycles. The van der Waals surface area contributed by atoms with E-state index < -0.39 is 0 Å². The molecule has 84 valence electrons. The van der Waals surface area contributed by atoms with E-state index in [4.69, 9.17) is 9.26 Å². The summed E-state index contributed by atoms with van der Waals surface area (Å²) in [4.78, 5) is 4.06. The highest BCUT2D eigenvalue weighted by Gasteiger charge is 2.20. The largest absolute Gasteiger partial charge is 0.393 e. The standard InChI is InChI=1S/C10H16N2O3/c1-7-11-10(15-12-7)6-14-9-4-2-8(13)3-5-9/h8-9,13H,2-6H2,1H3. The smallest absolute Gasteiger partial charge is 0.252 e. The van der Waals surface area contributed by atoms with Crippen LogP contribution >= 0.6 is 0 Å². The minimum Gasteiger partial charge on any atom is -0.393 e. The van der Waals surface area contributed by atoms with Gasteiger partial charge < -0.3 is 14.4 Å². The topological polar surface area (TPSA) is 68.4 Å². The highest BCUT2D eigenvalue weighted by atomic mass is 16.5. The van der Waals surface area contributed by atoms with E-state index in [1.165, 1.54) is 0 Å². The molecule has 0 aromatic carbocycles. The number of hydrogen-bond acceptors (Lipinski definition) is 5. The Labute approximate surface area is 88.4 Å². The first-order valence-electron chi connectivity index (χ1n) is 5.33. The second kappa shape index (κ2) is 4.72. The van der Waals surface area contributed by atoms with Crippen molar-refractivity contribution in [3.05, 3.63) is 11.7 Å². The second-order valence-corrected chi connectivity index (χ2v) is 3.98. The van der Waals surface area contributed by atoms with Gasteiger partial charge in [-0.1, -0.05) is 5.16 Å². The molecule has 1 saturated carbocycles. The normalized spacial score (nSPS) is 26.8. The van der Waals surface area contributed by atoms with E-state index >= 15 is 0 Å². The summed E-state index contributed by atoms with van der Waals surface area (Å²) in [7, 11) is 0. The Morgan fingerprint density at radius 3 is 2.73 bits per heavy atom. The van der Waals surface area contributed by atoms with E-state index in [0.29, 0.717) is 18.3 Å². The molecule has 1 N–H and O–H groups in total. The average Bonchev–Trinajstić information content (AvgIpc) is 2.64.